The van der Waals surface area contributed by atoms with E-state index in [1.54, 1.807) is 0 Å². The average Bonchev–Trinajstić information content (AvgIpc) is 2.63. The second kappa shape index (κ2) is 7.90. The molecule has 0 aliphatic carbocycles. The van der Waals surface area contributed by atoms with Crippen molar-refractivity contribution in [2.45, 2.75) is 6.04 Å². The van der Waals surface area contributed by atoms with E-state index in [0.717, 1.165) is 38.4 Å². The van der Waals surface area contributed by atoms with Crippen molar-refractivity contribution in [3.63, 3.8) is 0 Å². The van der Waals surface area contributed by atoms with Crippen LogP contribution in [0.5, 0.6) is 0 Å². The Morgan fingerprint density at radius 2 is 1.92 bits per heavy atom. The van der Waals surface area contributed by atoms with E-state index < -0.39 is 0 Å². The monoisotopic (exact) mass is 327 g/mol. The molecule has 1 aromatic heterocycles. The van der Waals surface area contributed by atoms with Gasteiger partial charge in [-0.05, 0) is 11.6 Å². The summed E-state index contributed by atoms with van der Waals surface area (Å²) in [6.07, 6.45) is 1.44. The van der Waals surface area contributed by atoms with Gasteiger partial charge in [-0.25, -0.2) is 0 Å². The lowest BCUT2D eigenvalue weighted by Crippen LogP contribution is -2.43. The third-order valence-corrected chi connectivity index (χ3v) is 4.10. The molecule has 3 rings (SSSR count). The number of hydrogen-bond acceptors (Lipinski definition) is 4. The minimum atomic E-state index is -0.223. The normalized spacial score (nSPS) is 16.5. The van der Waals surface area contributed by atoms with Gasteiger partial charge in [0.05, 0.1) is 24.8 Å². The zero-order chi connectivity index (χ0) is 16.8. The number of carbonyl (C=O) groups excluding carboxylic acids is 1. The van der Waals surface area contributed by atoms with Crippen LogP contribution in [-0.4, -0.2) is 48.6 Å². The maximum absolute atomic E-state index is 12.5. The summed E-state index contributed by atoms with van der Waals surface area (Å²) in [4.78, 5) is 28.5. The minimum Gasteiger partial charge on any atom is -0.379 e. The second-order valence-corrected chi connectivity index (χ2v) is 5.79. The molecule has 0 saturated carbocycles. The third kappa shape index (κ3) is 4.31. The first-order valence-electron chi connectivity index (χ1n) is 8.07. The molecule has 1 aromatic carbocycles. The lowest BCUT2D eigenvalue weighted by Gasteiger charge is -2.31. The van der Waals surface area contributed by atoms with E-state index in [4.69, 9.17) is 4.74 Å². The van der Waals surface area contributed by atoms with Crippen molar-refractivity contribution in [3.05, 3.63) is 70.1 Å². The van der Waals surface area contributed by atoms with E-state index in [9.17, 15) is 9.59 Å². The Labute approximate surface area is 140 Å². The lowest BCUT2D eigenvalue weighted by atomic mass is 10.1. The molecule has 6 heteroatoms. The Bertz CT molecular complexity index is 703. The largest absolute Gasteiger partial charge is 0.379 e. The SMILES string of the molecule is O=C(NC(CN1CCOCC1)c1ccccc1)c1ccc(=O)[nH]c1. The first kappa shape index (κ1) is 16.4. The van der Waals surface area contributed by atoms with Crippen LogP contribution in [0.2, 0.25) is 0 Å². The molecular formula is C18H21N3O3. The molecule has 126 valence electrons. The number of aromatic nitrogens is 1. The fourth-order valence-electron chi connectivity index (χ4n) is 2.76. The topological polar surface area (TPSA) is 74.4 Å². The lowest BCUT2D eigenvalue weighted by molar-refractivity contribution is 0.0332. The first-order valence-corrected chi connectivity index (χ1v) is 8.07. The van der Waals surface area contributed by atoms with Gasteiger partial charge in [0.25, 0.3) is 5.91 Å². The van der Waals surface area contributed by atoms with Gasteiger partial charge in [-0.3, -0.25) is 14.5 Å². The Morgan fingerprint density at radius 3 is 2.58 bits per heavy atom. The number of rotatable bonds is 5. The molecule has 1 amide bonds. The molecule has 0 spiro atoms. The predicted molar refractivity (Wildman–Crippen MR) is 91.0 cm³/mol. The molecule has 1 fully saturated rings. The van der Waals surface area contributed by atoms with Crippen LogP contribution in [0.4, 0.5) is 0 Å². The van der Waals surface area contributed by atoms with E-state index in [1.165, 1.54) is 18.3 Å². The summed E-state index contributed by atoms with van der Waals surface area (Å²) in [5.41, 5.74) is 1.28. The number of nitrogens with zero attached hydrogens (tertiary/aromatic N) is 1. The third-order valence-electron chi connectivity index (χ3n) is 4.10. The van der Waals surface area contributed by atoms with Crippen molar-refractivity contribution in [2.24, 2.45) is 0 Å². The zero-order valence-corrected chi connectivity index (χ0v) is 13.4. The molecule has 6 nitrogen and oxygen atoms in total. The summed E-state index contributed by atoms with van der Waals surface area (Å²) in [5.74, 6) is -0.201. The number of benzene rings is 1. The number of H-pyrrole nitrogens is 1. The van der Waals surface area contributed by atoms with Crippen LogP contribution >= 0.6 is 0 Å². The van der Waals surface area contributed by atoms with Crippen LogP contribution in [0.3, 0.4) is 0 Å². The fraction of sp³-hybridized carbons (Fsp3) is 0.333. The number of hydrogen-bond donors (Lipinski definition) is 2. The molecule has 2 aromatic rings. The fourth-order valence-corrected chi connectivity index (χ4v) is 2.76. The van der Waals surface area contributed by atoms with Gasteiger partial charge in [0.15, 0.2) is 0 Å². The Hall–Kier alpha value is -2.44. The van der Waals surface area contributed by atoms with E-state index >= 15 is 0 Å². The molecule has 1 atom stereocenters. The van der Waals surface area contributed by atoms with Crippen molar-refractivity contribution in [2.75, 3.05) is 32.8 Å². The number of carbonyl (C=O) groups is 1. The van der Waals surface area contributed by atoms with Crippen LogP contribution in [0, 0.1) is 0 Å². The number of amides is 1. The highest BCUT2D eigenvalue weighted by Gasteiger charge is 2.20. The average molecular weight is 327 g/mol. The summed E-state index contributed by atoms with van der Waals surface area (Å²) >= 11 is 0. The summed E-state index contributed by atoms with van der Waals surface area (Å²) < 4.78 is 5.39. The number of pyridine rings is 1. The van der Waals surface area contributed by atoms with E-state index in [0.29, 0.717) is 5.56 Å². The van der Waals surface area contributed by atoms with Crippen molar-refractivity contribution >= 4 is 5.91 Å². The van der Waals surface area contributed by atoms with Gasteiger partial charge in [0, 0.05) is 31.9 Å². The van der Waals surface area contributed by atoms with Crippen molar-refractivity contribution in [3.8, 4) is 0 Å². The Morgan fingerprint density at radius 1 is 1.17 bits per heavy atom. The molecular weight excluding hydrogens is 306 g/mol. The van der Waals surface area contributed by atoms with Crippen LogP contribution < -0.4 is 10.9 Å². The molecule has 1 saturated heterocycles. The van der Waals surface area contributed by atoms with Crippen LogP contribution in [0.15, 0.2) is 53.5 Å². The zero-order valence-electron chi connectivity index (χ0n) is 13.4. The Kier molecular flexibility index (Phi) is 5.40. The quantitative estimate of drug-likeness (QED) is 0.865. The summed E-state index contributed by atoms with van der Waals surface area (Å²) in [6.45, 7) is 3.88. The van der Waals surface area contributed by atoms with Crippen molar-refractivity contribution in [1.29, 1.82) is 0 Å². The van der Waals surface area contributed by atoms with Gasteiger partial charge in [-0.2, -0.15) is 0 Å². The molecule has 24 heavy (non-hydrogen) atoms. The second-order valence-electron chi connectivity index (χ2n) is 5.79. The van der Waals surface area contributed by atoms with Crippen LogP contribution in [0.25, 0.3) is 0 Å². The van der Waals surface area contributed by atoms with Gasteiger partial charge in [-0.15, -0.1) is 0 Å². The molecule has 2 N–H and O–H groups in total. The van der Waals surface area contributed by atoms with E-state index in [-0.39, 0.29) is 17.5 Å². The number of morpholine rings is 1. The van der Waals surface area contributed by atoms with E-state index in [2.05, 4.69) is 15.2 Å². The molecule has 0 bridgehead atoms. The van der Waals surface area contributed by atoms with Crippen molar-refractivity contribution in [1.82, 2.24) is 15.2 Å². The summed E-state index contributed by atoms with van der Waals surface area (Å²) in [5, 5.41) is 3.07. The Balaban J connectivity index is 1.74. The molecule has 1 aliphatic rings. The first-order chi connectivity index (χ1) is 11.7. The number of ether oxygens (including phenoxy) is 1. The predicted octanol–water partition coefficient (Wildman–Crippen LogP) is 1.18. The van der Waals surface area contributed by atoms with Gasteiger partial charge in [0.1, 0.15) is 0 Å². The maximum atomic E-state index is 12.5. The number of nitrogens with one attached hydrogen (secondary N) is 2. The van der Waals surface area contributed by atoms with Gasteiger partial charge < -0.3 is 15.0 Å². The van der Waals surface area contributed by atoms with E-state index in [1.807, 2.05) is 30.3 Å². The smallest absolute Gasteiger partial charge is 0.253 e. The summed E-state index contributed by atoms with van der Waals surface area (Å²) in [6, 6.07) is 12.7. The molecule has 1 unspecified atom stereocenters. The summed E-state index contributed by atoms with van der Waals surface area (Å²) in [7, 11) is 0. The van der Waals surface area contributed by atoms with Gasteiger partial charge in [-0.1, -0.05) is 30.3 Å². The molecule has 1 aliphatic heterocycles. The maximum Gasteiger partial charge on any atom is 0.253 e. The van der Waals surface area contributed by atoms with Gasteiger partial charge in [0.2, 0.25) is 5.56 Å². The number of aromatic amines is 1. The van der Waals surface area contributed by atoms with Gasteiger partial charge >= 0.3 is 0 Å². The highest BCUT2D eigenvalue weighted by Crippen LogP contribution is 2.16. The standard InChI is InChI=1S/C18H21N3O3/c22-17-7-6-15(12-19-17)18(23)20-16(14-4-2-1-3-5-14)13-21-8-10-24-11-9-21/h1-7,12,16H,8-11,13H2,(H,19,22)(H,20,23). The molecule has 2 heterocycles. The highest BCUT2D eigenvalue weighted by molar-refractivity contribution is 5.94. The highest BCUT2D eigenvalue weighted by atomic mass is 16.5. The molecule has 0 radical (unpaired) electrons. The van der Waals surface area contributed by atoms with Crippen LogP contribution in [-0.2, 0) is 4.74 Å². The minimum absolute atomic E-state index is 0.122. The van der Waals surface area contributed by atoms with Crippen LogP contribution in [0.1, 0.15) is 22.0 Å². The van der Waals surface area contributed by atoms with Crippen molar-refractivity contribution < 1.29 is 9.53 Å².